The van der Waals surface area contributed by atoms with Gasteiger partial charge in [-0.3, -0.25) is 9.69 Å². The quantitative estimate of drug-likeness (QED) is 0.562. The van der Waals surface area contributed by atoms with Crippen molar-refractivity contribution in [2.24, 2.45) is 4.99 Å². The summed E-state index contributed by atoms with van der Waals surface area (Å²) in [4.78, 5) is 31.1. The number of amides is 1. The van der Waals surface area contributed by atoms with Crippen LogP contribution in [0, 0.1) is 0 Å². The van der Waals surface area contributed by atoms with E-state index in [-0.39, 0.29) is 5.91 Å². The van der Waals surface area contributed by atoms with Crippen LogP contribution in [0.2, 0.25) is 0 Å². The summed E-state index contributed by atoms with van der Waals surface area (Å²) in [6, 6.07) is 14.3. The molecule has 3 rings (SSSR count). The number of methoxy groups -OCH3 is 2. The van der Waals surface area contributed by atoms with E-state index in [9.17, 15) is 9.59 Å². The van der Waals surface area contributed by atoms with Gasteiger partial charge in [-0.1, -0.05) is 12.1 Å². The van der Waals surface area contributed by atoms with Crippen molar-refractivity contribution < 1.29 is 19.1 Å². The van der Waals surface area contributed by atoms with Crippen LogP contribution in [0.1, 0.15) is 22.8 Å². The van der Waals surface area contributed by atoms with Crippen LogP contribution in [0.4, 0.5) is 5.69 Å². The Kier molecular flexibility index (Phi) is 6.16. The fourth-order valence-corrected chi connectivity index (χ4v) is 3.68. The SMILES string of the molecule is CCN1C(=O)/C(=C/c2ccc(C(=O)OC)cc2)SC1=Nc1ccc(OC)cc1. The number of hydrogen-bond acceptors (Lipinski definition) is 6. The average Bonchev–Trinajstić information content (AvgIpc) is 3.02. The second-order valence-corrected chi connectivity index (χ2v) is 6.88. The van der Waals surface area contributed by atoms with E-state index in [2.05, 4.69) is 4.99 Å². The zero-order valence-corrected chi connectivity index (χ0v) is 16.7. The smallest absolute Gasteiger partial charge is 0.337 e. The van der Waals surface area contributed by atoms with Gasteiger partial charge < -0.3 is 9.47 Å². The molecule has 2 aromatic carbocycles. The molecule has 1 aliphatic heterocycles. The largest absolute Gasteiger partial charge is 0.497 e. The normalized spacial score (nSPS) is 16.7. The lowest BCUT2D eigenvalue weighted by Gasteiger charge is -2.12. The predicted molar refractivity (Wildman–Crippen MR) is 111 cm³/mol. The zero-order chi connectivity index (χ0) is 20.1. The molecule has 0 aliphatic carbocycles. The van der Waals surface area contributed by atoms with Crippen molar-refractivity contribution in [3.05, 3.63) is 64.6 Å². The van der Waals surface area contributed by atoms with Crippen molar-refractivity contribution in [3.63, 3.8) is 0 Å². The molecule has 0 spiro atoms. The van der Waals surface area contributed by atoms with Gasteiger partial charge in [0.15, 0.2) is 5.17 Å². The number of nitrogens with zero attached hydrogens (tertiary/aromatic N) is 2. The Morgan fingerprint density at radius 2 is 1.79 bits per heavy atom. The van der Waals surface area contributed by atoms with E-state index in [0.717, 1.165) is 17.0 Å². The number of aliphatic imine (C=N–C) groups is 1. The first-order valence-electron chi connectivity index (χ1n) is 8.68. The van der Waals surface area contributed by atoms with Crippen molar-refractivity contribution in [1.29, 1.82) is 0 Å². The number of carbonyl (C=O) groups is 2. The van der Waals surface area contributed by atoms with Crippen LogP contribution in [-0.2, 0) is 9.53 Å². The Hall–Kier alpha value is -3.06. The third-order valence-corrected chi connectivity index (χ3v) is 5.14. The number of thioether (sulfide) groups is 1. The molecule has 28 heavy (non-hydrogen) atoms. The number of amidine groups is 1. The highest BCUT2D eigenvalue weighted by atomic mass is 32.2. The number of esters is 1. The minimum atomic E-state index is -0.392. The van der Waals surface area contributed by atoms with Crippen molar-refractivity contribution in [1.82, 2.24) is 4.90 Å². The monoisotopic (exact) mass is 396 g/mol. The topological polar surface area (TPSA) is 68.2 Å². The van der Waals surface area contributed by atoms with Crippen LogP contribution < -0.4 is 4.74 Å². The number of benzene rings is 2. The molecule has 0 bridgehead atoms. The maximum absolute atomic E-state index is 12.7. The zero-order valence-electron chi connectivity index (χ0n) is 15.8. The van der Waals surface area contributed by atoms with Crippen LogP contribution in [-0.4, -0.2) is 42.7 Å². The summed E-state index contributed by atoms with van der Waals surface area (Å²) in [5.41, 5.74) is 2.04. The summed E-state index contributed by atoms with van der Waals surface area (Å²) in [5.74, 6) is 0.274. The van der Waals surface area contributed by atoms with E-state index < -0.39 is 5.97 Å². The van der Waals surface area contributed by atoms with E-state index in [0.29, 0.717) is 22.2 Å². The van der Waals surface area contributed by atoms with Crippen molar-refractivity contribution >= 4 is 40.6 Å². The Morgan fingerprint density at radius 3 is 2.36 bits per heavy atom. The molecule has 2 aromatic rings. The molecular weight excluding hydrogens is 376 g/mol. The molecule has 1 saturated heterocycles. The number of rotatable bonds is 5. The highest BCUT2D eigenvalue weighted by Gasteiger charge is 2.32. The van der Waals surface area contributed by atoms with Gasteiger partial charge in [0, 0.05) is 6.54 Å². The lowest BCUT2D eigenvalue weighted by Crippen LogP contribution is -2.28. The third kappa shape index (κ3) is 4.26. The summed E-state index contributed by atoms with van der Waals surface area (Å²) in [7, 11) is 2.95. The lowest BCUT2D eigenvalue weighted by molar-refractivity contribution is -0.122. The summed E-state index contributed by atoms with van der Waals surface area (Å²) >= 11 is 1.33. The van der Waals surface area contributed by atoms with Crippen LogP contribution in [0.5, 0.6) is 5.75 Å². The Morgan fingerprint density at radius 1 is 1.11 bits per heavy atom. The van der Waals surface area contributed by atoms with Gasteiger partial charge >= 0.3 is 5.97 Å². The van der Waals surface area contributed by atoms with E-state index in [1.54, 1.807) is 42.4 Å². The minimum Gasteiger partial charge on any atom is -0.497 e. The van der Waals surface area contributed by atoms with E-state index >= 15 is 0 Å². The maximum atomic E-state index is 12.7. The third-order valence-electron chi connectivity index (χ3n) is 4.13. The van der Waals surface area contributed by atoms with Crippen molar-refractivity contribution in [3.8, 4) is 5.75 Å². The fourth-order valence-electron chi connectivity index (χ4n) is 2.62. The lowest BCUT2D eigenvalue weighted by atomic mass is 10.1. The van der Waals surface area contributed by atoms with Crippen molar-refractivity contribution in [2.45, 2.75) is 6.92 Å². The summed E-state index contributed by atoms with van der Waals surface area (Å²) < 4.78 is 9.85. The summed E-state index contributed by atoms with van der Waals surface area (Å²) in [6.45, 7) is 2.44. The van der Waals surface area contributed by atoms with E-state index in [4.69, 9.17) is 9.47 Å². The van der Waals surface area contributed by atoms with Crippen LogP contribution in [0.25, 0.3) is 6.08 Å². The van der Waals surface area contributed by atoms with Crippen LogP contribution in [0.3, 0.4) is 0 Å². The first kappa shape index (κ1) is 19.7. The van der Waals surface area contributed by atoms with Crippen molar-refractivity contribution in [2.75, 3.05) is 20.8 Å². The molecule has 1 heterocycles. The second kappa shape index (κ2) is 8.75. The molecule has 1 aliphatic rings. The first-order valence-corrected chi connectivity index (χ1v) is 9.50. The molecule has 1 amide bonds. The maximum Gasteiger partial charge on any atom is 0.337 e. The van der Waals surface area contributed by atoms with Gasteiger partial charge in [0.1, 0.15) is 5.75 Å². The molecule has 7 heteroatoms. The Bertz CT molecular complexity index is 934. The number of ether oxygens (including phenoxy) is 2. The highest BCUT2D eigenvalue weighted by Crippen LogP contribution is 2.34. The van der Waals surface area contributed by atoms with E-state index in [1.165, 1.54) is 18.9 Å². The van der Waals surface area contributed by atoms with E-state index in [1.807, 2.05) is 31.2 Å². The standard InChI is InChI=1S/C21H20N2O4S/c1-4-23-19(24)18(13-14-5-7-15(8-6-14)20(25)27-3)28-21(23)22-16-9-11-17(26-2)12-10-16/h5-13H,4H2,1-3H3/b18-13-,22-21?. The van der Waals surface area contributed by atoms with Crippen LogP contribution in [0.15, 0.2) is 58.4 Å². The minimum absolute atomic E-state index is 0.0863. The molecule has 0 unspecified atom stereocenters. The van der Waals surface area contributed by atoms with Gasteiger partial charge in [0.05, 0.1) is 30.4 Å². The van der Waals surface area contributed by atoms with Gasteiger partial charge in [-0.25, -0.2) is 9.79 Å². The molecule has 1 fully saturated rings. The second-order valence-electron chi connectivity index (χ2n) is 5.87. The first-order chi connectivity index (χ1) is 13.5. The van der Waals surface area contributed by atoms with Gasteiger partial charge in [0.2, 0.25) is 0 Å². The fraction of sp³-hybridized carbons (Fsp3) is 0.190. The molecular formula is C21H20N2O4S. The molecule has 0 radical (unpaired) electrons. The molecule has 144 valence electrons. The van der Waals surface area contributed by atoms with Gasteiger partial charge in [-0.05, 0) is 66.7 Å². The summed E-state index contributed by atoms with van der Waals surface area (Å²) in [5, 5.41) is 0.634. The summed E-state index contributed by atoms with van der Waals surface area (Å²) in [6.07, 6.45) is 1.80. The highest BCUT2D eigenvalue weighted by molar-refractivity contribution is 8.18. The number of hydrogen-bond donors (Lipinski definition) is 0. The van der Waals surface area contributed by atoms with Crippen LogP contribution >= 0.6 is 11.8 Å². The predicted octanol–water partition coefficient (Wildman–Crippen LogP) is 4.11. The van der Waals surface area contributed by atoms with Gasteiger partial charge in [0.25, 0.3) is 5.91 Å². The van der Waals surface area contributed by atoms with Gasteiger partial charge in [-0.2, -0.15) is 0 Å². The number of likely N-dealkylation sites (N-methyl/N-ethyl adjacent to an activating group) is 1. The molecule has 0 atom stereocenters. The average molecular weight is 396 g/mol. The number of carbonyl (C=O) groups excluding carboxylic acids is 2. The molecule has 6 nitrogen and oxygen atoms in total. The van der Waals surface area contributed by atoms with Gasteiger partial charge in [-0.15, -0.1) is 0 Å². The Balaban J connectivity index is 1.85. The molecule has 0 saturated carbocycles. The molecule has 0 N–H and O–H groups in total. The Labute approximate surface area is 167 Å². The molecule has 0 aromatic heterocycles.